The number of rotatable bonds is 10. The smallest absolute Gasteiger partial charge is 0.376 e. The summed E-state index contributed by atoms with van der Waals surface area (Å²) in [6.45, 7) is 3.60. The summed E-state index contributed by atoms with van der Waals surface area (Å²) in [6, 6.07) is 15.9. The molecule has 234 valence electrons. The zero-order valence-electron chi connectivity index (χ0n) is 25.5. The highest BCUT2D eigenvalue weighted by atomic mass is 16.5. The first-order valence-electron chi connectivity index (χ1n) is 16.0. The number of aromatic nitrogens is 6. The van der Waals surface area contributed by atoms with Crippen LogP contribution in [0.4, 0.5) is 0 Å². The lowest BCUT2D eigenvalue weighted by atomic mass is 9.92. The van der Waals surface area contributed by atoms with Crippen LogP contribution in [-0.2, 0) is 22.3 Å². The Morgan fingerprint density at radius 2 is 1.80 bits per heavy atom. The topological polar surface area (TPSA) is 130 Å². The van der Waals surface area contributed by atoms with Gasteiger partial charge in [-0.25, -0.2) is 9.31 Å². The lowest BCUT2D eigenvalue weighted by molar-refractivity contribution is -0.0366. The van der Waals surface area contributed by atoms with Crippen molar-refractivity contribution in [2.24, 2.45) is 0 Å². The van der Waals surface area contributed by atoms with Crippen molar-refractivity contribution >= 4 is 5.78 Å². The molecular weight excluding hydrogens is 572 g/mol. The summed E-state index contributed by atoms with van der Waals surface area (Å²) in [5.74, 6) is 0.409. The molecule has 1 saturated carbocycles. The molecule has 0 spiro atoms. The Hall–Kier alpha value is -4.35. The molecule has 1 saturated heterocycles. The lowest BCUT2D eigenvalue weighted by Crippen LogP contribution is -2.35. The summed E-state index contributed by atoms with van der Waals surface area (Å²) in [4.78, 5) is 33.1. The molecule has 0 bridgehead atoms. The van der Waals surface area contributed by atoms with E-state index in [0.29, 0.717) is 24.6 Å². The van der Waals surface area contributed by atoms with Gasteiger partial charge in [-0.3, -0.25) is 18.9 Å². The van der Waals surface area contributed by atoms with E-state index in [1.807, 2.05) is 45.5 Å². The number of hydrogen-bond acceptors (Lipinski definition) is 8. The van der Waals surface area contributed by atoms with Gasteiger partial charge in [-0.1, -0.05) is 67.0 Å². The number of nitrogens with zero attached hydrogens (tertiary/aromatic N) is 5. The summed E-state index contributed by atoms with van der Waals surface area (Å²) in [7, 11) is 0. The third-order valence-electron chi connectivity index (χ3n) is 9.13. The maximum absolute atomic E-state index is 14.3. The zero-order valence-corrected chi connectivity index (χ0v) is 25.5. The molecule has 11 heteroatoms. The number of ether oxygens (including phenoxy) is 2. The van der Waals surface area contributed by atoms with Crippen LogP contribution in [-0.4, -0.2) is 54.7 Å². The number of H-pyrrole nitrogens is 1. The SMILES string of the molecule is CCCc1c(Cc2ccc(-c3ccccc3-c3noc(=O)[nH]3)cc2)c(=O)n([C@H]2CC[C@H](OCC3CCCO3)CC2)c2ncnn12. The van der Waals surface area contributed by atoms with Crippen molar-refractivity contribution in [3.05, 3.63) is 92.6 Å². The van der Waals surface area contributed by atoms with Gasteiger partial charge in [0.1, 0.15) is 6.33 Å². The standard InChI is InChI=1S/C34H38N6O5/c1-2-6-30-29(19-22-10-12-23(13-11-22)27-8-3-4-9-28(27)31-37-34(42)45-38-31)32(41)39(33-35-21-36-40(30)33)24-14-16-25(17-15-24)44-20-26-7-5-18-43-26/h3-4,8-13,21,24-26H,2,5-7,14-20H2,1H3,(H,37,38,42)/t24-,25-,26?. The minimum absolute atomic E-state index is 0.0204. The van der Waals surface area contributed by atoms with Crippen LogP contribution in [0.5, 0.6) is 0 Å². The van der Waals surface area contributed by atoms with Crippen molar-refractivity contribution in [2.75, 3.05) is 13.2 Å². The van der Waals surface area contributed by atoms with Crippen LogP contribution in [0.1, 0.15) is 74.7 Å². The number of fused-ring (bicyclic) bond motifs is 1. The Morgan fingerprint density at radius 3 is 2.51 bits per heavy atom. The molecule has 2 fully saturated rings. The van der Waals surface area contributed by atoms with Gasteiger partial charge in [-0.2, -0.15) is 10.1 Å². The maximum Gasteiger partial charge on any atom is 0.439 e. The van der Waals surface area contributed by atoms with Crippen molar-refractivity contribution in [1.29, 1.82) is 0 Å². The fourth-order valence-electron chi connectivity index (χ4n) is 6.86. The summed E-state index contributed by atoms with van der Waals surface area (Å²) in [6.07, 6.45) is 9.78. The zero-order chi connectivity index (χ0) is 30.8. The van der Waals surface area contributed by atoms with Gasteiger partial charge in [0.05, 0.1) is 24.5 Å². The predicted octanol–water partition coefficient (Wildman–Crippen LogP) is 5.12. The molecule has 0 radical (unpaired) electrons. The van der Waals surface area contributed by atoms with Crippen LogP contribution in [0.3, 0.4) is 0 Å². The average molecular weight is 611 g/mol. The van der Waals surface area contributed by atoms with Crippen molar-refractivity contribution < 1.29 is 14.0 Å². The second kappa shape index (κ2) is 12.9. The summed E-state index contributed by atoms with van der Waals surface area (Å²) >= 11 is 0. The highest BCUT2D eigenvalue weighted by molar-refractivity contribution is 5.80. The number of nitrogens with one attached hydrogen (secondary N) is 1. The molecule has 2 aromatic carbocycles. The molecule has 4 heterocycles. The highest BCUT2D eigenvalue weighted by Crippen LogP contribution is 2.32. The quantitative estimate of drug-likeness (QED) is 0.231. The molecule has 0 amide bonds. The van der Waals surface area contributed by atoms with Gasteiger partial charge in [0.2, 0.25) is 5.78 Å². The van der Waals surface area contributed by atoms with E-state index in [2.05, 4.69) is 39.3 Å². The second-order valence-corrected chi connectivity index (χ2v) is 12.1. The van der Waals surface area contributed by atoms with Crippen LogP contribution in [0.25, 0.3) is 28.3 Å². The van der Waals surface area contributed by atoms with Crippen LogP contribution in [0.15, 0.2) is 69.0 Å². The number of aryl methyl sites for hydroxylation is 1. The molecule has 1 atom stereocenters. The first-order valence-corrected chi connectivity index (χ1v) is 16.0. The Kier molecular flexibility index (Phi) is 8.45. The average Bonchev–Trinajstić information content (AvgIpc) is 3.86. The van der Waals surface area contributed by atoms with Gasteiger partial charge in [0, 0.05) is 30.2 Å². The van der Waals surface area contributed by atoms with E-state index in [0.717, 1.165) is 91.5 Å². The van der Waals surface area contributed by atoms with Crippen LogP contribution in [0.2, 0.25) is 0 Å². The van der Waals surface area contributed by atoms with Gasteiger partial charge in [-0.05, 0) is 61.6 Å². The molecule has 1 aliphatic heterocycles. The minimum atomic E-state index is -0.594. The number of hydrogen-bond donors (Lipinski definition) is 1. The first kappa shape index (κ1) is 29.4. The lowest BCUT2D eigenvalue weighted by Gasteiger charge is -2.31. The molecule has 1 N–H and O–H groups in total. The van der Waals surface area contributed by atoms with Crippen LogP contribution in [0, 0.1) is 0 Å². The summed E-state index contributed by atoms with van der Waals surface area (Å²) < 4.78 is 20.4. The van der Waals surface area contributed by atoms with Gasteiger partial charge < -0.3 is 9.47 Å². The molecule has 2 aliphatic rings. The van der Waals surface area contributed by atoms with Gasteiger partial charge in [0.15, 0.2) is 5.82 Å². The molecule has 45 heavy (non-hydrogen) atoms. The Morgan fingerprint density at radius 1 is 1.00 bits per heavy atom. The molecule has 5 aromatic rings. The molecule has 1 aliphatic carbocycles. The van der Waals surface area contributed by atoms with E-state index in [1.165, 1.54) is 0 Å². The van der Waals surface area contributed by atoms with Crippen molar-refractivity contribution in [1.82, 2.24) is 29.3 Å². The fourth-order valence-corrected chi connectivity index (χ4v) is 6.86. The Bertz CT molecular complexity index is 1870. The minimum Gasteiger partial charge on any atom is -0.376 e. The van der Waals surface area contributed by atoms with Crippen molar-refractivity contribution in [3.63, 3.8) is 0 Å². The number of benzene rings is 2. The monoisotopic (exact) mass is 610 g/mol. The number of aromatic amines is 1. The third kappa shape index (κ3) is 6.02. The van der Waals surface area contributed by atoms with Gasteiger partial charge >= 0.3 is 5.76 Å². The van der Waals surface area contributed by atoms with Gasteiger partial charge in [-0.15, -0.1) is 0 Å². The maximum atomic E-state index is 14.3. The van der Waals surface area contributed by atoms with Crippen molar-refractivity contribution in [3.8, 4) is 22.5 Å². The predicted molar refractivity (Wildman–Crippen MR) is 168 cm³/mol. The van der Waals surface area contributed by atoms with E-state index < -0.39 is 5.76 Å². The fraction of sp³-hybridized carbons (Fsp3) is 0.441. The largest absolute Gasteiger partial charge is 0.439 e. The van der Waals surface area contributed by atoms with E-state index in [9.17, 15) is 9.59 Å². The van der Waals surface area contributed by atoms with Gasteiger partial charge in [0.25, 0.3) is 5.56 Å². The van der Waals surface area contributed by atoms with Crippen molar-refractivity contribution in [2.45, 2.75) is 83.0 Å². The molecule has 7 rings (SSSR count). The van der Waals surface area contributed by atoms with E-state index in [1.54, 1.807) is 6.33 Å². The van der Waals surface area contributed by atoms with E-state index in [4.69, 9.17) is 14.0 Å². The Balaban J connectivity index is 1.16. The third-order valence-corrected chi connectivity index (χ3v) is 9.13. The normalized spacial score (nSPS) is 20.2. The van der Waals surface area contributed by atoms with Crippen LogP contribution < -0.4 is 11.3 Å². The summed E-state index contributed by atoms with van der Waals surface area (Å²) in [5.41, 5.74) is 5.39. The summed E-state index contributed by atoms with van der Waals surface area (Å²) in [5, 5.41) is 8.46. The highest BCUT2D eigenvalue weighted by Gasteiger charge is 2.29. The van der Waals surface area contributed by atoms with E-state index in [-0.39, 0.29) is 23.8 Å². The van der Waals surface area contributed by atoms with Crippen LogP contribution >= 0.6 is 0 Å². The molecular formula is C34H38N6O5. The van der Waals surface area contributed by atoms with E-state index >= 15 is 0 Å². The second-order valence-electron chi connectivity index (χ2n) is 12.1. The Labute approximate surface area is 260 Å². The molecule has 3 aromatic heterocycles. The molecule has 1 unspecified atom stereocenters. The molecule has 11 nitrogen and oxygen atoms in total. The first-order chi connectivity index (χ1) is 22.1.